The molecule has 0 bridgehead atoms. The normalized spacial score (nSPS) is 15.1. The molecule has 1 aromatic carbocycles. The van der Waals surface area contributed by atoms with Gasteiger partial charge in [0.1, 0.15) is 5.82 Å². The first-order chi connectivity index (χ1) is 14.6. The fraction of sp³-hybridized carbons (Fsp3) is 0.273. The van der Waals surface area contributed by atoms with Crippen molar-refractivity contribution in [2.45, 2.75) is 19.3 Å². The Morgan fingerprint density at radius 2 is 1.87 bits per heavy atom. The molecule has 3 heterocycles. The van der Waals surface area contributed by atoms with Crippen LogP contribution in [-0.4, -0.2) is 54.6 Å². The summed E-state index contributed by atoms with van der Waals surface area (Å²) in [5.74, 6) is 0.225. The van der Waals surface area contributed by atoms with Gasteiger partial charge in [-0.15, -0.1) is 0 Å². The second-order valence-electron chi connectivity index (χ2n) is 7.26. The van der Waals surface area contributed by atoms with Crippen LogP contribution in [-0.2, 0) is 6.42 Å². The number of benzene rings is 1. The molecule has 30 heavy (non-hydrogen) atoms. The number of rotatable bonds is 5. The van der Waals surface area contributed by atoms with Crippen LogP contribution in [0.5, 0.6) is 0 Å². The first-order valence-electron chi connectivity index (χ1n) is 9.75. The number of pyridine rings is 1. The Kier molecular flexibility index (Phi) is 6.75. The Morgan fingerprint density at radius 3 is 2.57 bits per heavy atom. The standard InChI is InChI=1S/C22H20AsClFN4O/c24-19-13-28-20(23-21-14-26-7-8-27-21)12-18(19)22(30)29-9-5-16(6-10-29)11-15-1-3-17(25)4-2-15/h1-4,7-8,12-14,16H,5-6,9-11H2. The van der Waals surface area contributed by atoms with E-state index in [1.807, 2.05) is 17.0 Å². The Labute approximate surface area is 186 Å². The quantitative estimate of drug-likeness (QED) is 0.521. The third kappa shape index (κ3) is 5.24. The van der Waals surface area contributed by atoms with Gasteiger partial charge in [-0.1, -0.05) is 0 Å². The molecule has 0 N–H and O–H groups in total. The predicted octanol–water partition coefficient (Wildman–Crippen LogP) is 2.41. The molecule has 1 saturated heterocycles. The van der Waals surface area contributed by atoms with E-state index in [1.165, 1.54) is 12.1 Å². The van der Waals surface area contributed by atoms with Gasteiger partial charge in [0, 0.05) is 0 Å². The topological polar surface area (TPSA) is 59.0 Å². The van der Waals surface area contributed by atoms with Crippen molar-refractivity contribution in [3.8, 4) is 0 Å². The van der Waals surface area contributed by atoms with Gasteiger partial charge in [0.25, 0.3) is 0 Å². The van der Waals surface area contributed by atoms with Gasteiger partial charge in [-0.05, 0) is 0 Å². The molecule has 8 heteroatoms. The van der Waals surface area contributed by atoms with Crippen molar-refractivity contribution in [2.75, 3.05) is 13.1 Å². The van der Waals surface area contributed by atoms with Crippen LogP contribution in [0, 0.1) is 11.7 Å². The molecular weight excluding hydrogens is 466 g/mol. The summed E-state index contributed by atoms with van der Waals surface area (Å²) in [7, 11) is 0. The molecule has 1 amide bonds. The van der Waals surface area contributed by atoms with E-state index in [4.69, 9.17) is 11.6 Å². The van der Waals surface area contributed by atoms with Gasteiger partial charge in [-0.2, -0.15) is 0 Å². The van der Waals surface area contributed by atoms with Gasteiger partial charge >= 0.3 is 176 Å². The van der Waals surface area contributed by atoms with Crippen molar-refractivity contribution in [2.24, 2.45) is 5.92 Å². The van der Waals surface area contributed by atoms with E-state index in [1.54, 1.807) is 30.9 Å². The number of hydrogen-bond acceptors (Lipinski definition) is 4. The molecule has 0 unspecified atom stereocenters. The zero-order chi connectivity index (χ0) is 20.9. The Balaban J connectivity index is 1.38. The predicted molar refractivity (Wildman–Crippen MR) is 115 cm³/mol. The molecule has 1 radical (unpaired) electrons. The van der Waals surface area contributed by atoms with Crippen molar-refractivity contribution in [3.63, 3.8) is 0 Å². The third-order valence-corrected chi connectivity index (χ3v) is 7.45. The molecule has 0 aliphatic carbocycles. The Bertz CT molecular complexity index is 1010. The number of nitrogens with zero attached hydrogens (tertiary/aromatic N) is 4. The summed E-state index contributed by atoms with van der Waals surface area (Å²) in [4.78, 5) is 27.7. The zero-order valence-electron chi connectivity index (χ0n) is 16.2. The van der Waals surface area contributed by atoms with Crippen LogP contribution in [0.4, 0.5) is 4.39 Å². The van der Waals surface area contributed by atoms with Crippen molar-refractivity contribution < 1.29 is 9.18 Å². The average molecular weight is 486 g/mol. The van der Waals surface area contributed by atoms with E-state index in [2.05, 4.69) is 15.0 Å². The molecule has 153 valence electrons. The van der Waals surface area contributed by atoms with Gasteiger partial charge in [0.05, 0.1) is 0 Å². The fourth-order valence-corrected chi connectivity index (χ4v) is 5.43. The molecule has 1 fully saturated rings. The van der Waals surface area contributed by atoms with Gasteiger partial charge in [-0.25, -0.2) is 4.39 Å². The average Bonchev–Trinajstić information content (AvgIpc) is 2.77. The van der Waals surface area contributed by atoms with Crippen LogP contribution in [0.25, 0.3) is 0 Å². The first kappa shape index (κ1) is 21.0. The van der Waals surface area contributed by atoms with E-state index in [9.17, 15) is 9.18 Å². The van der Waals surface area contributed by atoms with Crippen LogP contribution in [0.2, 0.25) is 5.02 Å². The van der Waals surface area contributed by atoms with Gasteiger partial charge in [0.15, 0.2) is 0 Å². The van der Waals surface area contributed by atoms with E-state index < -0.39 is 15.8 Å². The fourth-order valence-electron chi connectivity index (χ4n) is 3.58. The number of carbonyl (C=O) groups excluding carboxylic acids is 1. The van der Waals surface area contributed by atoms with Gasteiger partial charge in [0.2, 0.25) is 0 Å². The van der Waals surface area contributed by atoms with Crippen molar-refractivity contribution in [1.29, 1.82) is 0 Å². The van der Waals surface area contributed by atoms with Gasteiger partial charge < -0.3 is 0 Å². The molecule has 4 rings (SSSR count). The number of amides is 1. The number of halogens is 2. The Hall–Kier alpha value is -2.30. The van der Waals surface area contributed by atoms with Crippen LogP contribution < -0.4 is 8.96 Å². The summed E-state index contributed by atoms with van der Waals surface area (Å²) in [5.41, 5.74) is 1.63. The van der Waals surface area contributed by atoms with E-state index in [0.717, 1.165) is 33.8 Å². The maximum atomic E-state index is 13.1. The molecular formula is C22H20AsClFN4O. The van der Waals surface area contributed by atoms with Crippen LogP contribution in [0.3, 0.4) is 0 Å². The van der Waals surface area contributed by atoms with Crippen LogP contribution in [0.15, 0.2) is 55.1 Å². The number of carbonyl (C=O) groups is 1. The van der Waals surface area contributed by atoms with E-state index in [0.29, 0.717) is 29.6 Å². The Morgan fingerprint density at radius 1 is 1.10 bits per heavy atom. The molecule has 1 aliphatic heterocycles. The number of aromatic nitrogens is 3. The van der Waals surface area contributed by atoms with Crippen molar-refractivity contribution in [3.05, 3.63) is 77.1 Å². The molecule has 2 aromatic heterocycles. The molecule has 0 saturated carbocycles. The van der Waals surface area contributed by atoms with E-state index >= 15 is 0 Å². The van der Waals surface area contributed by atoms with Crippen molar-refractivity contribution >= 4 is 42.2 Å². The van der Waals surface area contributed by atoms with Gasteiger partial charge in [-0.3, -0.25) is 0 Å². The summed E-state index contributed by atoms with van der Waals surface area (Å²) in [6.45, 7) is 1.38. The minimum absolute atomic E-state index is 0.0516. The monoisotopic (exact) mass is 485 g/mol. The van der Waals surface area contributed by atoms with Crippen LogP contribution >= 0.6 is 11.6 Å². The van der Waals surface area contributed by atoms with Crippen LogP contribution in [0.1, 0.15) is 28.8 Å². The molecule has 1 aliphatic rings. The third-order valence-electron chi connectivity index (χ3n) is 5.19. The molecule has 0 atom stereocenters. The number of likely N-dealkylation sites (tertiary alicyclic amines) is 1. The van der Waals surface area contributed by atoms with Crippen molar-refractivity contribution in [1.82, 2.24) is 19.9 Å². The van der Waals surface area contributed by atoms with E-state index in [-0.39, 0.29) is 11.7 Å². The molecule has 3 aromatic rings. The minimum atomic E-state index is -0.460. The second kappa shape index (κ2) is 9.67. The summed E-state index contributed by atoms with van der Waals surface area (Å²) in [6, 6.07) is 8.47. The molecule has 5 nitrogen and oxygen atoms in total. The summed E-state index contributed by atoms with van der Waals surface area (Å²) < 4.78 is 14.8. The molecule has 0 spiro atoms. The first-order valence-corrected chi connectivity index (χ1v) is 12.0. The number of hydrogen-bond donors (Lipinski definition) is 0. The summed E-state index contributed by atoms with van der Waals surface area (Å²) >= 11 is 5.84. The zero-order valence-corrected chi connectivity index (χ0v) is 18.8. The second-order valence-corrected chi connectivity index (χ2v) is 10.1. The maximum absolute atomic E-state index is 13.1. The SMILES string of the molecule is O=C(c1cc([As]c2cnccn2)ncc1Cl)N1CCC(Cc2ccc(F)cc2)CC1. The number of piperidine rings is 1. The summed E-state index contributed by atoms with van der Waals surface area (Å²) in [6.07, 6.45) is 9.32. The summed E-state index contributed by atoms with van der Waals surface area (Å²) in [5, 5.41) is 0.373.